The summed E-state index contributed by atoms with van der Waals surface area (Å²) in [7, 11) is 8.47. The summed E-state index contributed by atoms with van der Waals surface area (Å²) in [4.78, 5) is 16.9. The Morgan fingerprint density at radius 3 is 2.57 bits per heavy atom. The number of carbonyl (C=O) groups is 1. The second kappa shape index (κ2) is 8.24. The topological polar surface area (TPSA) is 79.2 Å². The highest BCUT2D eigenvalue weighted by atomic mass is 16.2. The standard InChI is InChI=1S/C19H26B3N7O/c1-27-4-6-28(7-5-27)12-18(30)24-17-9-14-8-13(2-3-16(14)25-26-17)15-10-23-29(11-15)19(20,21)22/h2-3,8-11H,4-7,12,20-22H2,1H3,(H,24,26,30). The maximum atomic E-state index is 12.4. The van der Waals surface area contributed by atoms with Gasteiger partial charge >= 0.3 is 0 Å². The summed E-state index contributed by atoms with van der Waals surface area (Å²) in [5.41, 5.74) is 2.89. The third kappa shape index (κ3) is 4.74. The van der Waals surface area contributed by atoms with Gasteiger partial charge in [-0.25, -0.2) is 0 Å². The molecule has 8 nitrogen and oxygen atoms in total. The molecular weight excluding hydrogens is 375 g/mol. The summed E-state index contributed by atoms with van der Waals surface area (Å²) >= 11 is 0. The van der Waals surface area contributed by atoms with Crippen molar-refractivity contribution >= 4 is 46.2 Å². The lowest BCUT2D eigenvalue weighted by Crippen LogP contribution is -2.47. The third-order valence-electron chi connectivity index (χ3n) is 5.42. The Bertz CT molecular complexity index is 1060. The van der Waals surface area contributed by atoms with Crippen molar-refractivity contribution in [2.24, 2.45) is 0 Å². The van der Waals surface area contributed by atoms with Gasteiger partial charge in [-0.1, -0.05) is 6.07 Å². The highest BCUT2D eigenvalue weighted by molar-refractivity contribution is 6.56. The van der Waals surface area contributed by atoms with E-state index >= 15 is 0 Å². The SMILES string of the molecule is BC(B)(B)n1cc(-c2ccc3nnc(NC(=O)CN4CCN(C)CC4)cc3c2)cn1. The molecule has 1 aliphatic rings. The lowest BCUT2D eigenvalue weighted by atomic mass is 9.49. The number of nitrogens with one attached hydrogen (secondary N) is 1. The fraction of sp³-hybridized carbons (Fsp3) is 0.368. The van der Waals surface area contributed by atoms with Crippen LogP contribution in [0.4, 0.5) is 5.82 Å². The molecule has 152 valence electrons. The van der Waals surface area contributed by atoms with Crippen molar-refractivity contribution in [2.75, 3.05) is 45.1 Å². The molecule has 1 aromatic carbocycles. The van der Waals surface area contributed by atoms with E-state index in [0.29, 0.717) is 12.4 Å². The number of amides is 1. The Hall–Kier alpha value is -2.65. The minimum Gasteiger partial charge on any atom is -0.308 e. The van der Waals surface area contributed by atoms with E-state index in [1.54, 1.807) is 0 Å². The number of fused-ring (bicyclic) bond motifs is 1. The number of benzene rings is 1. The van der Waals surface area contributed by atoms with E-state index in [1.807, 2.05) is 29.1 Å². The Morgan fingerprint density at radius 2 is 1.87 bits per heavy atom. The Kier molecular flexibility index (Phi) is 5.66. The van der Waals surface area contributed by atoms with E-state index in [0.717, 1.165) is 48.2 Å². The lowest BCUT2D eigenvalue weighted by molar-refractivity contribution is -0.117. The summed E-state index contributed by atoms with van der Waals surface area (Å²) in [6.45, 7) is 4.15. The highest BCUT2D eigenvalue weighted by Gasteiger charge is 2.17. The molecule has 1 fully saturated rings. The second-order valence-electron chi connectivity index (χ2n) is 8.98. The van der Waals surface area contributed by atoms with Crippen LogP contribution in [-0.2, 0) is 10.0 Å². The summed E-state index contributed by atoms with van der Waals surface area (Å²) in [5, 5.41) is 16.7. The second-order valence-corrected chi connectivity index (χ2v) is 8.98. The number of nitrogens with zero attached hydrogens (tertiary/aromatic N) is 6. The summed E-state index contributed by atoms with van der Waals surface area (Å²) < 4.78 is 1.96. The molecule has 11 heteroatoms. The predicted molar refractivity (Wildman–Crippen MR) is 127 cm³/mol. The molecule has 0 aliphatic carbocycles. The van der Waals surface area contributed by atoms with Crippen LogP contribution in [0.2, 0.25) is 0 Å². The van der Waals surface area contributed by atoms with Crippen molar-refractivity contribution < 1.29 is 4.79 Å². The van der Waals surface area contributed by atoms with Crippen LogP contribution in [0, 0.1) is 0 Å². The third-order valence-corrected chi connectivity index (χ3v) is 5.42. The Morgan fingerprint density at radius 1 is 1.10 bits per heavy atom. The zero-order chi connectivity index (χ0) is 21.3. The van der Waals surface area contributed by atoms with Crippen LogP contribution in [0.15, 0.2) is 36.7 Å². The van der Waals surface area contributed by atoms with E-state index in [1.165, 1.54) is 0 Å². The fourth-order valence-electron chi connectivity index (χ4n) is 3.52. The number of carbonyl (C=O) groups excluding carboxylic acids is 1. The summed E-state index contributed by atoms with van der Waals surface area (Å²) in [6.07, 6.45) is 3.92. The van der Waals surface area contributed by atoms with E-state index in [4.69, 9.17) is 0 Å². The van der Waals surface area contributed by atoms with Gasteiger partial charge in [-0.2, -0.15) is 5.10 Å². The first-order chi connectivity index (χ1) is 14.3. The number of anilines is 1. The summed E-state index contributed by atoms with van der Waals surface area (Å²) in [5.74, 6) is 0.417. The lowest BCUT2D eigenvalue weighted by Gasteiger charge is -2.31. The fourth-order valence-corrected chi connectivity index (χ4v) is 3.52. The normalized spacial score (nSPS) is 16.0. The molecule has 0 spiro atoms. The van der Waals surface area contributed by atoms with Crippen molar-refractivity contribution in [1.82, 2.24) is 29.8 Å². The van der Waals surface area contributed by atoms with Crippen LogP contribution in [0.25, 0.3) is 22.0 Å². The van der Waals surface area contributed by atoms with Crippen LogP contribution >= 0.6 is 0 Å². The smallest absolute Gasteiger partial charge is 0.239 e. The van der Waals surface area contributed by atoms with Gasteiger partial charge < -0.3 is 10.2 Å². The molecule has 4 rings (SSSR count). The van der Waals surface area contributed by atoms with Crippen molar-refractivity contribution in [1.29, 1.82) is 0 Å². The molecule has 3 heterocycles. The van der Waals surface area contributed by atoms with Gasteiger partial charge in [0.05, 0.1) is 18.3 Å². The van der Waals surface area contributed by atoms with Gasteiger partial charge in [0.15, 0.2) is 5.82 Å². The first kappa shape index (κ1) is 20.6. The largest absolute Gasteiger partial charge is 0.308 e. The number of likely N-dealkylation sites (N-methyl/N-ethyl adjacent to an activating group) is 1. The number of piperazine rings is 1. The predicted octanol–water partition coefficient (Wildman–Crippen LogP) is -1.85. The van der Waals surface area contributed by atoms with Crippen LogP contribution in [-0.4, -0.2) is 99.0 Å². The van der Waals surface area contributed by atoms with Gasteiger partial charge in [-0.3, -0.25) is 14.4 Å². The van der Waals surface area contributed by atoms with Gasteiger partial charge in [0.1, 0.15) is 23.5 Å². The van der Waals surface area contributed by atoms with Crippen molar-refractivity contribution in [3.8, 4) is 11.1 Å². The molecule has 30 heavy (non-hydrogen) atoms. The monoisotopic (exact) mass is 401 g/mol. The van der Waals surface area contributed by atoms with E-state index in [9.17, 15) is 4.79 Å². The maximum absolute atomic E-state index is 12.4. The molecule has 0 radical (unpaired) electrons. The van der Waals surface area contributed by atoms with E-state index in [2.05, 4.69) is 73.3 Å². The molecule has 1 N–H and O–H groups in total. The number of hydrogen-bond donors (Lipinski definition) is 1. The van der Waals surface area contributed by atoms with Crippen LogP contribution in [0.3, 0.4) is 0 Å². The number of hydrogen-bond acceptors (Lipinski definition) is 6. The van der Waals surface area contributed by atoms with Crippen LogP contribution in [0.1, 0.15) is 0 Å². The van der Waals surface area contributed by atoms with Gasteiger partial charge in [0.2, 0.25) is 5.91 Å². The van der Waals surface area contributed by atoms with Crippen molar-refractivity contribution in [2.45, 2.75) is 5.24 Å². The molecule has 1 aliphatic heterocycles. The number of aromatic nitrogens is 4. The first-order valence-corrected chi connectivity index (χ1v) is 10.3. The molecular formula is C19H26B3N7O. The first-order valence-electron chi connectivity index (χ1n) is 10.3. The molecule has 1 saturated heterocycles. The molecule has 0 saturated carbocycles. The Labute approximate surface area is 179 Å². The van der Waals surface area contributed by atoms with Gasteiger partial charge in [-0.15, -0.1) is 10.2 Å². The molecule has 2 aromatic heterocycles. The number of rotatable bonds is 5. The molecule has 0 bridgehead atoms. The molecule has 0 atom stereocenters. The minimum atomic E-state index is -0.0677. The van der Waals surface area contributed by atoms with E-state index in [-0.39, 0.29) is 11.1 Å². The van der Waals surface area contributed by atoms with Crippen molar-refractivity contribution in [3.63, 3.8) is 0 Å². The highest BCUT2D eigenvalue weighted by Crippen LogP contribution is 2.24. The quantitative estimate of drug-likeness (QED) is 0.506. The minimum absolute atomic E-state index is 0.0594. The van der Waals surface area contributed by atoms with Crippen LogP contribution in [0.5, 0.6) is 0 Å². The average molecular weight is 401 g/mol. The summed E-state index contributed by atoms with van der Waals surface area (Å²) in [6, 6.07) is 7.90. The van der Waals surface area contributed by atoms with Crippen LogP contribution < -0.4 is 5.32 Å². The zero-order valence-corrected chi connectivity index (χ0v) is 18.1. The molecule has 0 unspecified atom stereocenters. The Balaban J connectivity index is 1.49. The van der Waals surface area contributed by atoms with Crippen molar-refractivity contribution in [3.05, 3.63) is 36.7 Å². The molecule has 1 amide bonds. The molecule has 3 aromatic rings. The maximum Gasteiger partial charge on any atom is 0.239 e. The van der Waals surface area contributed by atoms with Gasteiger partial charge in [-0.05, 0) is 36.0 Å². The van der Waals surface area contributed by atoms with Gasteiger partial charge in [0.25, 0.3) is 0 Å². The zero-order valence-electron chi connectivity index (χ0n) is 18.1. The van der Waals surface area contributed by atoms with E-state index < -0.39 is 0 Å². The van der Waals surface area contributed by atoms with Gasteiger partial charge in [0, 0.05) is 43.3 Å². The average Bonchev–Trinajstić information content (AvgIpc) is 3.20.